The van der Waals surface area contributed by atoms with E-state index >= 15 is 0 Å². The lowest BCUT2D eigenvalue weighted by molar-refractivity contribution is 0.415. The van der Waals surface area contributed by atoms with Gasteiger partial charge in [0.25, 0.3) is 0 Å². The maximum absolute atomic E-state index is 5.18. The van der Waals surface area contributed by atoms with Gasteiger partial charge in [-0.25, -0.2) is 4.98 Å². The normalized spacial score (nSPS) is 10.7. The summed E-state index contributed by atoms with van der Waals surface area (Å²) < 4.78 is 5.18. The topological polar surface area (TPSA) is 34.2 Å². The molecule has 2 aromatic rings. The number of aromatic nitrogens is 1. The number of thiazole rings is 1. The summed E-state index contributed by atoms with van der Waals surface area (Å²) in [7, 11) is 1.68. The first-order valence-corrected chi connectivity index (χ1v) is 7.37. The Bertz CT molecular complexity index is 519. The summed E-state index contributed by atoms with van der Waals surface area (Å²) in [5.41, 5.74) is 2.25. The lowest BCUT2D eigenvalue weighted by atomic mass is 10.1. The summed E-state index contributed by atoms with van der Waals surface area (Å²) in [6, 6.07) is 8.09. The first kappa shape index (κ1) is 14.0. The second-order valence-electron chi connectivity index (χ2n) is 4.34. The second kappa shape index (κ2) is 6.68. The van der Waals surface area contributed by atoms with Gasteiger partial charge in [-0.2, -0.15) is 0 Å². The van der Waals surface area contributed by atoms with E-state index in [-0.39, 0.29) is 0 Å². The molecule has 0 spiro atoms. The molecule has 4 heteroatoms. The molecule has 0 radical (unpaired) electrons. The second-order valence-corrected chi connectivity index (χ2v) is 5.63. The number of nitrogens with one attached hydrogen (secondary N) is 1. The molecule has 1 N–H and O–H groups in total. The maximum Gasteiger partial charge on any atom is 0.118 e. The van der Waals surface area contributed by atoms with Crippen LogP contribution < -0.4 is 10.1 Å². The number of aryl methyl sites for hydroxylation is 1. The fourth-order valence-electron chi connectivity index (χ4n) is 1.95. The number of ether oxygens (including phenoxy) is 1. The van der Waals surface area contributed by atoms with Crippen LogP contribution in [0.25, 0.3) is 11.3 Å². The first-order chi connectivity index (χ1) is 9.24. The van der Waals surface area contributed by atoms with Gasteiger partial charge in [-0.05, 0) is 37.7 Å². The highest BCUT2D eigenvalue weighted by molar-refractivity contribution is 7.12. The number of hydrogen-bond donors (Lipinski definition) is 1. The van der Waals surface area contributed by atoms with E-state index in [0.717, 1.165) is 36.5 Å². The van der Waals surface area contributed by atoms with Crippen LogP contribution in [0.4, 0.5) is 0 Å². The molecule has 0 saturated carbocycles. The molecule has 19 heavy (non-hydrogen) atoms. The van der Waals surface area contributed by atoms with Gasteiger partial charge in [0.2, 0.25) is 0 Å². The van der Waals surface area contributed by atoms with Crippen molar-refractivity contribution in [2.75, 3.05) is 20.2 Å². The average molecular weight is 276 g/mol. The fraction of sp³-hybridized carbons (Fsp3) is 0.400. The maximum atomic E-state index is 5.18. The van der Waals surface area contributed by atoms with E-state index in [9.17, 15) is 0 Å². The zero-order chi connectivity index (χ0) is 13.7. The minimum absolute atomic E-state index is 0.879. The van der Waals surface area contributed by atoms with E-state index in [0.29, 0.717) is 0 Å². The zero-order valence-electron chi connectivity index (χ0n) is 11.7. The smallest absolute Gasteiger partial charge is 0.118 e. The molecule has 1 aromatic heterocycles. The van der Waals surface area contributed by atoms with Gasteiger partial charge in [-0.1, -0.05) is 6.92 Å². The number of methoxy groups -OCH3 is 1. The standard InChI is InChI=1S/C15H20N2OS/c1-4-16-10-9-14-17-15(11(2)19-14)12-5-7-13(18-3)8-6-12/h5-8,16H,4,9-10H2,1-3H3. The molecule has 1 heterocycles. The molecule has 0 bridgehead atoms. The van der Waals surface area contributed by atoms with Crippen molar-refractivity contribution in [3.8, 4) is 17.0 Å². The highest BCUT2D eigenvalue weighted by atomic mass is 32.1. The third kappa shape index (κ3) is 3.55. The van der Waals surface area contributed by atoms with Crippen LogP contribution in [0.2, 0.25) is 0 Å². The van der Waals surface area contributed by atoms with Crippen LogP contribution in [-0.2, 0) is 6.42 Å². The predicted octanol–water partition coefficient (Wildman–Crippen LogP) is 3.28. The van der Waals surface area contributed by atoms with Crippen LogP contribution in [0, 0.1) is 6.92 Å². The third-order valence-corrected chi connectivity index (χ3v) is 4.00. The van der Waals surface area contributed by atoms with Crippen LogP contribution in [-0.4, -0.2) is 25.2 Å². The molecule has 3 nitrogen and oxygen atoms in total. The third-order valence-electron chi connectivity index (χ3n) is 2.97. The number of rotatable bonds is 6. The fourth-order valence-corrected chi connectivity index (χ4v) is 2.90. The van der Waals surface area contributed by atoms with Crippen LogP contribution in [0.1, 0.15) is 16.8 Å². The minimum Gasteiger partial charge on any atom is -0.497 e. The molecule has 0 saturated heterocycles. The molecule has 0 aliphatic heterocycles. The quantitative estimate of drug-likeness (QED) is 0.822. The van der Waals surface area contributed by atoms with Gasteiger partial charge >= 0.3 is 0 Å². The van der Waals surface area contributed by atoms with Crippen molar-refractivity contribution in [2.45, 2.75) is 20.3 Å². The van der Waals surface area contributed by atoms with Crippen LogP contribution in [0.15, 0.2) is 24.3 Å². The highest BCUT2D eigenvalue weighted by Crippen LogP contribution is 2.28. The Kier molecular flexibility index (Phi) is 4.93. The molecule has 0 fully saturated rings. The number of hydrogen-bond acceptors (Lipinski definition) is 4. The van der Waals surface area contributed by atoms with Gasteiger partial charge in [0, 0.05) is 23.4 Å². The molecule has 2 rings (SSSR count). The molecule has 0 amide bonds. The van der Waals surface area contributed by atoms with Gasteiger partial charge in [-0.3, -0.25) is 0 Å². The Balaban J connectivity index is 2.14. The van der Waals surface area contributed by atoms with Crippen molar-refractivity contribution in [2.24, 2.45) is 0 Å². The van der Waals surface area contributed by atoms with Crippen molar-refractivity contribution in [1.82, 2.24) is 10.3 Å². The molecule has 0 atom stereocenters. The highest BCUT2D eigenvalue weighted by Gasteiger charge is 2.09. The number of benzene rings is 1. The van der Waals surface area contributed by atoms with Crippen molar-refractivity contribution in [1.29, 1.82) is 0 Å². The van der Waals surface area contributed by atoms with Gasteiger partial charge < -0.3 is 10.1 Å². The summed E-state index contributed by atoms with van der Waals surface area (Å²) >= 11 is 1.79. The monoisotopic (exact) mass is 276 g/mol. The number of likely N-dealkylation sites (N-methyl/N-ethyl adjacent to an activating group) is 1. The summed E-state index contributed by atoms with van der Waals surface area (Å²) in [6.45, 7) is 6.26. The summed E-state index contributed by atoms with van der Waals surface area (Å²) in [5, 5.41) is 4.53. The van der Waals surface area contributed by atoms with Gasteiger partial charge in [0.15, 0.2) is 0 Å². The first-order valence-electron chi connectivity index (χ1n) is 6.56. The SMILES string of the molecule is CCNCCc1nc(-c2ccc(OC)cc2)c(C)s1. The van der Waals surface area contributed by atoms with Gasteiger partial charge in [0.1, 0.15) is 5.75 Å². The van der Waals surface area contributed by atoms with E-state index in [2.05, 4.69) is 31.3 Å². The summed E-state index contributed by atoms with van der Waals surface area (Å²) in [4.78, 5) is 6.02. The Morgan fingerprint density at radius 3 is 2.63 bits per heavy atom. The molecule has 0 aliphatic carbocycles. The van der Waals surface area contributed by atoms with Crippen LogP contribution in [0.3, 0.4) is 0 Å². The Morgan fingerprint density at radius 1 is 1.26 bits per heavy atom. The Hall–Kier alpha value is -1.39. The summed E-state index contributed by atoms with van der Waals surface area (Å²) in [5.74, 6) is 0.879. The van der Waals surface area contributed by atoms with Crippen molar-refractivity contribution >= 4 is 11.3 Å². The van der Waals surface area contributed by atoms with Gasteiger partial charge in [0.05, 0.1) is 17.8 Å². The van der Waals surface area contributed by atoms with E-state index in [4.69, 9.17) is 9.72 Å². The molecule has 0 unspecified atom stereocenters. The van der Waals surface area contributed by atoms with Gasteiger partial charge in [-0.15, -0.1) is 11.3 Å². The molecular formula is C15H20N2OS. The Labute approximate surface area is 118 Å². The lowest BCUT2D eigenvalue weighted by Gasteiger charge is -2.01. The Morgan fingerprint density at radius 2 is 2.00 bits per heavy atom. The molecule has 0 aliphatic rings. The van der Waals surface area contributed by atoms with Crippen molar-refractivity contribution in [3.63, 3.8) is 0 Å². The van der Waals surface area contributed by atoms with E-state index in [1.807, 2.05) is 12.1 Å². The van der Waals surface area contributed by atoms with E-state index in [1.54, 1.807) is 18.4 Å². The van der Waals surface area contributed by atoms with Crippen LogP contribution >= 0.6 is 11.3 Å². The van der Waals surface area contributed by atoms with Crippen molar-refractivity contribution < 1.29 is 4.74 Å². The van der Waals surface area contributed by atoms with Crippen LogP contribution in [0.5, 0.6) is 5.75 Å². The van der Waals surface area contributed by atoms with Crippen molar-refractivity contribution in [3.05, 3.63) is 34.2 Å². The molecule has 102 valence electrons. The molecule has 1 aromatic carbocycles. The zero-order valence-corrected chi connectivity index (χ0v) is 12.5. The molecular weight excluding hydrogens is 256 g/mol. The minimum atomic E-state index is 0.879. The number of nitrogens with zero attached hydrogens (tertiary/aromatic N) is 1. The summed E-state index contributed by atoms with van der Waals surface area (Å²) in [6.07, 6.45) is 0.996. The lowest BCUT2D eigenvalue weighted by Crippen LogP contribution is -2.15. The predicted molar refractivity (Wildman–Crippen MR) is 81.1 cm³/mol. The van der Waals surface area contributed by atoms with E-state index in [1.165, 1.54) is 9.88 Å². The van der Waals surface area contributed by atoms with E-state index < -0.39 is 0 Å². The average Bonchev–Trinajstić information content (AvgIpc) is 2.80. The largest absolute Gasteiger partial charge is 0.497 e.